The molecule has 0 unspecified atom stereocenters. The van der Waals surface area contributed by atoms with Gasteiger partial charge in [-0.25, -0.2) is 17.2 Å². The molecule has 5 nitrogen and oxygen atoms in total. The van der Waals surface area contributed by atoms with Gasteiger partial charge in [0.05, 0.1) is 4.90 Å². The second-order valence-corrected chi connectivity index (χ2v) is 7.26. The highest BCUT2D eigenvalue weighted by Gasteiger charge is 2.17. The number of sulfonamides is 1. The minimum Gasteiger partial charge on any atom is -0.322 e. The lowest BCUT2D eigenvalue weighted by Crippen LogP contribution is -2.16. The van der Waals surface area contributed by atoms with Crippen molar-refractivity contribution in [3.63, 3.8) is 0 Å². The van der Waals surface area contributed by atoms with E-state index in [0.717, 1.165) is 12.1 Å². The van der Waals surface area contributed by atoms with Gasteiger partial charge in [-0.3, -0.25) is 9.52 Å². The van der Waals surface area contributed by atoms with Crippen molar-refractivity contribution in [3.8, 4) is 0 Å². The van der Waals surface area contributed by atoms with Gasteiger partial charge in [-0.2, -0.15) is 0 Å². The maximum Gasteiger partial charge on any atom is 0.261 e. The van der Waals surface area contributed by atoms with E-state index in [2.05, 4.69) is 10.0 Å². The lowest BCUT2D eigenvalue weighted by atomic mass is 10.2. The number of rotatable bonds is 5. The first kappa shape index (κ1) is 18.5. The van der Waals surface area contributed by atoms with Crippen LogP contribution in [0.5, 0.6) is 0 Å². The van der Waals surface area contributed by atoms with Crippen molar-refractivity contribution >= 4 is 27.3 Å². The Morgan fingerprint density at radius 3 is 2.22 bits per heavy atom. The van der Waals surface area contributed by atoms with Crippen LogP contribution in [-0.2, 0) is 10.0 Å². The molecule has 0 aliphatic rings. The maximum absolute atomic E-state index is 13.2. The van der Waals surface area contributed by atoms with Crippen LogP contribution in [0.15, 0.2) is 77.7 Å². The van der Waals surface area contributed by atoms with Crippen LogP contribution in [0, 0.1) is 11.6 Å². The normalized spacial score (nSPS) is 11.0. The van der Waals surface area contributed by atoms with E-state index in [1.54, 1.807) is 30.3 Å². The highest BCUT2D eigenvalue weighted by molar-refractivity contribution is 7.92. The molecule has 1 amide bonds. The van der Waals surface area contributed by atoms with Crippen LogP contribution in [-0.4, -0.2) is 14.3 Å². The third kappa shape index (κ3) is 4.48. The average Bonchev–Trinajstić information content (AvgIpc) is 2.65. The number of hydrogen-bond donors (Lipinski definition) is 2. The summed E-state index contributed by atoms with van der Waals surface area (Å²) in [6.45, 7) is 0. The van der Waals surface area contributed by atoms with E-state index in [-0.39, 0.29) is 16.1 Å². The van der Waals surface area contributed by atoms with Crippen LogP contribution < -0.4 is 10.0 Å². The summed E-state index contributed by atoms with van der Waals surface area (Å²) in [7, 11) is -3.89. The molecule has 0 saturated heterocycles. The van der Waals surface area contributed by atoms with Crippen LogP contribution in [0.4, 0.5) is 20.2 Å². The summed E-state index contributed by atoms with van der Waals surface area (Å²) in [5.74, 6) is -2.79. The molecule has 0 aromatic heterocycles. The second-order valence-electron chi connectivity index (χ2n) is 5.58. The van der Waals surface area contributed by atoms with Gasteiger partial charge < -0.3 is 5.32 Å². The third-order valence-corrected chi connectivity index (χ3v) is 4.99. The van der Waals surface area contributed by atoms with Gasteiger partial charge in [-0.15, -0.1) is 0 Å². The molecule has 3 aromatic rings. The number of halogens is 2. The van der Waals surface area contributed by atoms with Crippen molar-refractivity contribution in [2.24, 2.45) is 0 Å². The van der Waals surface area contributed by atoms with Crippen molar-refractivity contribution in [1.82, 2.24) is 0 Å². The highest BCUT2D eigenvalue weighted by atomic mass is 32.2. The number of amides is 1. The largest absolute Gasteiger partial charge is 0.322 e. The summed E-state index contributed by atoms with van der Waals surface area (Å²) in [5, 5.41) is 2.39. The number of para-hydroxylation sites is 1. The number of anilines is 2. The summed E-state index contributed by atoms with van der Waals surface area (Å²) < 4.78 is 53.6. The number of benzene rings is 3. The summed E-state index contributed by atoms with van der Waals surface area (Å²) in [4.78, 5) is 12.2. The smallest absolute Gasteiger partial charge is 0.261 e. The van der Waals surface area contributed by atoms with Crippen LogP contribution in [0.25, 0.3) is 0 Å². The molecule has 3 aromatic carbocycles. The van der Waals surface area contributed by atoms with Gasteiger partial charge in [-0.05, 0) is 42.5 Å². The van der Waals surface area contributed by atoms with E-state index in [9.17, 15) is 22.0 Å². The Labute approximate surface area is 154 Å². The van der Waals surface area contributed by atoms with Gasteiger partial charge in [0.2, 0.25) is 0 Å². The van der Waals surface area contributed by atoms with Crippen molar-refractivity contribution in [1.29, 1.82) is 0 Å². The predicted molar refractivity (Wildman–Crippen MR) is 98.0 cm³/mol. The molecule has 0 heterocycles. The minimum atomic E-state index is -3.89. The Morgan fingerprint density at radius 1 is 0.778 bits per heavy atom. The number of nitrogens with one attached hydrogen (secondary N) is 2. The zero-order valence-corrected chi connectivity index (χ0v) is 14.6. The number of hydrogen-bond acceptors (Lipinski definition) is 3. The predicted octanol–water partition coefficient (Wildman–Crippen LogP) is 4.02. The fourth-order valence-corrected chi connectivity index (χ4v) is 3.41. The molecule has 0 spiro atoms. The quantitative estimate of drug-likeness (QED) is 0.693. The van der Waals surface area contributed by atoms with Crippen molar-refractivity contribution < 1.29 is 22.0 Å². The van der Waals surface area contributed by atoms with Crippen molar-refractivity contribution in [3.05, 3.63) is 90.0 Å². The van der Waals surface area contributed by atoms with E-state index < -0.39 is 27.6 Å². The lowest BCUT2D eigenvalue weighted by molar-refractivity contribution is 0.102. The van der Waals surface area contributed by atoms with Gasteiger partial charge >= 0.3 is 0 Å². The molecule has 2 N–H and O–H groups in total. The second kappa shape index (κ2) is 7.55. The van der Waals surface area contributed by atoms with Crippen LogP contribution in [0.1, 0.15) is 10.4 Å². The molecule has 8 heteroatoms. The molecule has 0 saturated carbocycles. The lowest BCUT2D eigenvalue weighted by Gasteiger charge is -2.10. The molecule has 0 radical (unpaired) electrons. The van der Waals surface area contributed by atoms with E-state index in [1.807, 2.05) is 0 Å². The summed E-state index contributed by atoms with van der Waals surface area (Å²) in [5.41, 5.74) is 0.486. The van der Waals surface area contributed by atoms with Gasteiger partial charge in [0, 0.05) is 23.0 Å². The monoisotopic (exact) mass is 388 g/mol. The Hall–Kier alpha value is -3.26. The maximum atomic E-state index is 13.2. The SMILES string of the molecule is O=C(Nc1ccc(F)c(F)c1)c1cccc(S(=O)(=O)Nc2ccccc2)c1. The first-order valence-corrected chi connectivity index (χ1v) is 9.28. The number of carbonyl (C=O) groups is 1. The summed E-state index contributed by atoms with van der Waals surface area (Å²) in [6, 6.07) is 16.6. The molecule has 3 rings (SSSR count). The fraction of sp³-hybridized carbons (Fsp3) is 0. The first-order chi connectivity index (χ1) is 12.8. The molecule has 138 valence electrons. The Kier molecular flexibility index (Phi) is 5.18. The fourth-order valence-electron chi connectivity index (χ4n) is 2.30. The minimum absolute atomic E-state index is 0.0505. The summed E-state index contributed by atoms with van der Waals surface area (Å²) >= 11 is 0. The Balaban J connectivity index is 1.82. The van der Waals surface area contributed by atoms with E-state index in [0.29, 0.717) is 5.69 Å². The standard InChI is InChI=1S/C19H14F2N2O3S/c20-17-10-9-15(12-18(17)21)22-19(24)13-5-4-8-16(11-13)27(25,26)23-14-6-2-1-3-7-14/h1-12,23H,(H,22,24). The first-order valence-electron chi connectivity index (χ1n) is 7.79. The van der Waals surface area contributed by atoms with E-state index in [1.165, 1.54) is 30.3 Å². The molecular weight excluding hydrogens is 374 g/mol. The van der Waals surface area contributed by atoms with Crippen LogP contribution in [0.2, 0.25) is 0 Å². The third-order valence-electron chi connectivity index (χ3n) is 3.61. The van der Waals surface area contributed by atoms with Gasteiger partial charge in [-0.1, -0.05) is 24.3 Å². The molecule has 0 aliphatic carbocycles. The molecular formula is C19H14F2N2O3S. The van der Waals surface area contributed by atoms with Gasteiger partial charge in [0.1, 0.15) is 0 Å². The summed E-state index contributed by atoms with van der Waals surface area (Å²) in [6.07, 6.45) is 0. The van der Waals surface area contributed by atoms with Crippen LogP contribution in [0.3, 0.4) is 0 Å². The molecule has 0 bridgehead atoms. The topological polar surface area (TPSA) is 75.3 Å². The molecule has 27 heavy (non-hydrogen) atoms. The Morgan fingerprint density at radius 2 is 1.52 bits per heavy atom. The molecule has 0 aliphatic heterocycles. The zero-order valence-electron chi connectivity index (χ0n) is 13.8. The Bertz CT molecular complexity index is 1090. The van der Waals surface area contributed by atoms with E-state index >= 15 is 0 Å². The average molecular weight is 388 g/mol. The van der Waals surface area contributed by atoms with Gasteiger partial charge in [0.25, 0.3) is 15.9 Å². The number of carbonyl (C=O) groups excluding carboxylic acids is 1. The molecule has 0 fully saturated rings. The van der Waals surface area contributed by atoms with E-state index in [4.69, 9.17) is 0 Å². The van der Waals surface area contributed by atoms with Crippen molar-refractivity contribution in [2.75, 3.05) is 10.0 Å². The van der Waals surface area contributed by atoms with Crippen molar-refractivity contribution in [2.45, 2.75) is 4.90 Å². The zero-order chi connectivity index (χ0) is 19.4. The molecule has 0 atom stereocenters. The highest BCUT2D eigenvalue weighted by Crippen LogP contribution is 2.18. The van der Waals surface area contributed by atoms with Crippen LogP contribution >= 0.6 is 0 Å². The van der Waals surface area contributed by atoms with Gasteiger partial charge in [0.15, 0.2) is 11.6 Å².